The molecule has 0 saturated heterocycles. The van der Waals surface area contributed by atoms with Gasteiger partial charge in [-0.3, -0.25) is 10.1 Å². The third-order valence-corrected chi connectivity index (χ3v) is 2.05. The molecule has 0 N–H and O–H groups in total. The molecule has 0 aliphatic heterocycles. The molecule has 0 unspecified atom stereocenters. The van der Waals surface area contributed by atoms with E-state index in [9.17, 15) is 15.3 Å². The van der Waals surface area contributed by atoms with Crippen molar-refractivity contribution in [2.24, 2.45) is 0 Å². The molecule has 0 atom stereocenters. The first-order valence-electron chi connectivity index (χ1n) is 4.77. The van der Waals surface area contributed by atoms with E-state index in [1.54, 1.807) is 30.3 Å². The fraction of sp³-hybridized carbons (Fsp3) is 0. The highest BCUT2D eigenvalue weighted by atomic mass is 16.6. The van der Waals surface area contributed by atoms with Crippen LogP contribution >= 0.6 is 0 Å². The highest BCUT2D eigenvalue weighted by Crippen LogP contribution is 2.15. The third kappa shape index (κ3) is 2.49. The highest BCUT2D eigenvalue weighted by Gasteiger charge is 2.12. The fourth-order valence-corrected chi connectivity index (χ4v) is 1.27. The van der Waals surface area contributed by atoms with Crippen molar-refractivity contribution in [3.8, 4) is 0 Å². The minimum atomic E-state index is -0.658. The van der Waals surface area contributed by atoms with Gasteiger partial charge in [0.1, 0.15) is 4.92 Å². The lowest BCUT2D eigenvalue weighted by atomic mass is 10.3. The number of nitro groups is 1. The lowest BCUT2D eigenvalue weighted by Crippen LogP contribution is -1.97. The molecular weight excluding hydrogens is 224 g/mol. The van der Waals surface area contributed by atoms with Crippen LogP contribution in [-0.2, 0) is 0 Å². The number of rotatable bonds is 3. The first-order valence-corrected chi connectivity index (χ1v) is 4.77. The quantitative estimate of drug-likeness (QED) is 0.267. The number of benzene rings is 1. The Bertz CT molecular complexity index is 560. The molecular formula is C11H8N2O4. The molecule has 6 nitrogen and oxygen atoms in total. The Morgan fingerprint density at radius 1 is 1.06 bits per heavy atom. The molecule has 17 heavy (non-hydrogen) atoms. The summed E-state index contributed by atoms with van der Waals surface area (Å²) in [5.41, 5.74) is 0.423. The molecule has 0 saturated carbocycles. The zero-order valence-corrected chi connectivity index (χ0v) is 8.65. The van der Waals surface area contributed by atoms with E-state index in [2.05, 4.69) is 0 Å². The summed E-state index contributed by atoms with van der Waals surface area (Å²) in [7, 11) is 0. The van der Waals surface area contributed by atoms with Gasteiger partial charge in [-0.15, -0.1) is 0 Å². The second kappa shape index (κ2) is 4.48. The molecule has 0 aliphatic rings. The van der Waals surface area contributed by atoms with Crippen LogP contribution in [0.4, 0.5) is 11.6 Å². The molecule has 2 rings (SSSR count). The maximum absolute atomic E-state index is 11.6. The van der Waals surface area contributed by atoms with Crippen LogP contribution in [0.1, 0.15) is 5.76 Å². The molecule has 0 amide bonds. The van der Waals surface area contributed by atoms with Crippen LogP contribution in [0.25, 0.3) is 0 Å². The minimum Gasteiger partial charge on any atom is -0.618 e. The van der Waals surface area contributed by atoms with E-state index < -0.39 is 10.8 Å². The van der Waals surface area contributed by atoms with Crippen LogP contribution in [0.3, 0.4) is 0 Å². The van der Waals surface area contributed by atoms with Crippen molar-refractivity contribution < 1.29 is 14.1 Å². The summed E-state index contributed by atoms with van der Waals surface area (Å²) in [6.07, 6.45) is 1.14. The lowest BCUT2D eigenvalue weighted by molar-refractivity contribution is -0.402. The molecule has 1 aromatic carbocycles. The summed E-state index contributed by atoms with van der Waals surface area (Å²) in [6.45, 7) is 0. The zero-order chi connectivity index (χ0) is 12.3. The van der Waals surface area contributed by atoms with Crippen molar-refractivity contribution in [3.05, 3.63) is 63.5 Å². The third-order valence-electron chi connectivity index (χ3n) is 2.05. The second-order valence-corrected chi connectivity index (χ2v) is 3.22. The number of hydrogen-bond donors (Lipinski definition) is 0. The molecule has 0 aliphatic carbocycles. The van der Waals surface area contributed by atoms with Gasteiger partial charge in [0.05, 0.1) is 6.07 Å². The van der Waals surface area contributed by atoms with Gasteiger partial charge in [-0.05, 0) is 6.07 Å². The Morgan fingerprint density at radius 3 is 2.35 bits per heavy atom. The average Bonchev–Trinajstić information content (AvgIpc) is 2.79. The molecule has 0 bridgehead atoms. The van der Waals surface area contributed by atoms with E-state index in [-0.39, 0.29) is 5.76 Å². The molecule has 0 fully saturated rings. The predicted molar refractivity (Wildman–Crippen MR) is 60.3 cm³/mol. The monoisotopic (exact) mass is 232 g/mol. The van der Waals surface area contributed by atoms with Gasteiger partial charge in [0.2, 0.25) is 11.9 Å². The summed E-state index contributed by atoms with van der Waals surface area (Å²) in [6, 6.07) is 11.0. The van der Waals surface area contributed by atoms with Gasteiger partial charge in [-0.25, -0.2) is 0 Å². The largest absolute Gasteiger partial charge is 0.618 e. The maximum Gasteiger partial charge on any atom is 0.433 e. The van der Waals surface area contributed by atoms with Gasteiger partial charge in [0, 0.05) is 12.1 Å². The number of nitrogens with zero attached hydrogens (tertiary/aromatic N) is 2. The predicted octanol–water partition coefficient (Wildman–Crippen LogP) is 2.45. The van der Waals surface area contributed by atoms with Crippen LogP contribution in [0.2, 0.25) is 0 Å². The van der Waals surface area contributed by atoms with Crippen molar-refractivity contribution in [3.63, 3.8) is 0 Å². The van der Waals surface area contributed by atoms with Crippen molar-refractivity contribution in [2.45, 2.75) is 0 Å². The van der Waals surface area contributed by atoms with E-state index in [1.807, 2.05) is 0 Å². The Hall–Kier alpha value is -2.63. The lowest BCUT2D eigenvalue weighted by Gasteiger charge is -2.00. The number of furan rings is 1. The minimum absolute atomic E-state index is 0.135. The first-order chi connectivity index (χ1) is 8.16. The second-order valence-electron chi connectivity index (χ2n) is 3.22. The maximum atomic E-state index is 11.6. The average molecular weight is 232 g/mol. The Balaban J connectivity index is 2.27. The van der Waals surface area contributed by atoms with E-state index in [0.717, 1.165) is 6.21 Å². The van der Waals surface area contributed by atoms with Gasteiger partial charge in [-0.1, -0.05) is 18.2 Å². The molecule has 86 valence electrons. The van der Waals surface area contributed by atoms with Crippen LogP contribution in [0.15, 0.2) is 46.9 Å². The van der Waals surface area contributed by atoms with Gasteiger partial charge >= 0.3 is 5.88 Å². The fourth-order valence-electron chi connectivity index (χ4n) is 1.27. The van der Waals surface area contributed by atoms with Crippen molar-refractivity contribution in [1.29, 1.82) is 0 Å². The first kappa shape index (κ1) is 10.9. The van der Waals surface area contributed by atoms with Crippen LogP contribution < -0.4 is 0 Å². The summed E-state index contributed by atoms with van der Waals surface area (Å²) >= 11 is 0. The highest BCUT2D eigenvalue weighted by molar-refractivity contribution is 5.73. The summed E-state index contributed by atoms with van der Waals surface area (Å²) in [5, 5.41) is 22.0. The van der Waals surface area contributed by atoms with Crippen LogP contribution in [0, 0.1) is 15.3 Å². The molecule has 1 aromatic heterocycles. The summed E-state index contributed by atoms with van der Waals surface area (Å²) in [4.78, 5) is 9.72. The number of hydrogen-bond acceptors (Lipinski definition) is 4. The standard InChI is InChI=1S/C11H8N2O4/c14-12(9-4-2-1-3-5-9)8-10-6-7-11(17-10)13(15)16/h1-8H/b12-8+. The molecule has 0 spiro atoms. The summed E-state index contributed by atoms with van der Waals surface area (Å²) in [5.74, 6) is -0.256. The smallest absolute Gasteiger partial charge is 0.433 e. The SMILES string of the molecule is O=[N+]([O-])c1ccc(/C=[N+](/[O-])c2ccccc2)o1. The Kier molecular flexibility index (Phi) is 2.87. The van der Waals surface area contributed by atoms with Crippen LogP contribution in [0.5, 0.6) is 0 Å². The van der Waals surface area contributed by atoms with Gasteiger partial charge in [0.15, 0.2) is 5.76 Å². The van der Waals surface area contributed by atoms with Gasteiger partial charge in [-0.2, -0.15) is 4.74 Å². The molecule has 2 aromatic rings. The number of para-hydroxylation sites is 1. The molecule has 1 heterocycles. The van der Waals surface area contributed by atoms with Crippen molar-refractivity contribution in [2.75, 3.05) is 0 Å². The summed E-state index contributed by atoms with van der Waals surface area (Å²) < 4.78 is 5.43. The zero-order valence-electron chi connectivity index (χ0n) is 8.65. The van der Waals surface area contributed by atoms with Crippen LogP contribution in [-0.4, -0.2) is 15.9 Å². The van der Waals surface area contributed by atoms with Gasteiger partial charge < -0.3 is 9.62 Å². The van der Waals surface area contributed by atoms with E-state index in [4.69, 9.17) is 4.42 Å². The molecule has 6 heteroatoms. The van der Waals surface area contributed by atoms with Crippen molar-refractivity contribution in [1.82, 2.24) is 0 Å². The van der Waals surface area contributed by atoms with Crippen molar-refractivity contribution >= 4 is 17.8 Å². The van der Waals surface area contributed by atoms with E-state index >= 15 is 0 Å². The topological polar surface area (TPSA) is 82.3 Å². The van der Waals surface area contributed by atoms with Gasteiger partial charge in [0.25, 0.3) is 0 Å². The van der Waals surface area contributed by atoms with E-state index in [1.165, 1.54) is 12.1 Å². The normalized spacial score (nSPS) is 11.4. The van der Waals surface area contributed by atoms with E-state index in [0.29, 0.717) is 10.4 Å². The Labute approximate surface area is 96.2 Å². The molecule has 0 radical (unpaired) electrons. The Morgan fingerprint density at radius 2 is 1.76 bits per heavy atom.